The number of hydrogen-bond acceptors (Lipinski definition) is 5. The van der Waals surface area contributed by atoms with Crippen molar-refractivity contribution in [3.63, 3.8) is 0 Å². The summed E-state index contributed by atoms with van der Waals surface area (Å²) in [6.45, 7) is -0.264. The van der Waals surface area contributed by atoms with Crippen molar-refractivity contribution in [3.05, 3.63) is 57.3 Å². The van der Waals surface area contributed by atoms with Crippen LogP contribution in [-0.2, 0) is 17.7 Å². The van der Waals surface area contributed by atoms with Gasteiger partial charge in [-0.15, -0.1) is 0 Å². The Bertz CT molecular complexity index is 1210. The third-order valence-corrected chi connectivity index (χ3v) is 7.22. The summed E-state index contributed by atoms with van der Waals surface area (Å²) in [7, 11) is 0. The largest absolute Gasteiger partial charge is 0.439 e. The van der Waals surface area contributed by atoms with Crippen molar-refractivity contribution in [1.82, 2.24) is 14.5 Å². The van der Waals surface area contributed by atoms with E-state index >= 15 is 0 Å². The molecule has 2 N–H and O–H groups in total. The average molecular weight is 498 g/mol. The maximum atomic E-state index is 13.5. The zero-order valence-corrected chi connectivity index (χ0v) is 18.5. The summed E-state index contributed by atoms with van der Waals surface area (Å²) in [6.07, 6.45) is -1.84. The second-order valence-electron chi connectivity index (χ2n) is 9.33. The van der Waals surface area contributed by atoms with Crippen LogP contribution in [-0.4, -0.2) is 45.0 Å². The third kappa shape index (κ3) is 3.82. The Kier molecular flexibility index (Phi) is 5.52. The van der Waals surface area contributed by atoms with Crippen molar-refractivity contribution in [2.45, 2.75) is 62.6 Å². The molecule has 2 atom stereocenters. The molecule has 2 aliphatic carbocycles. The van der Waals surface area contributed by atoms with Crippen LogP contribution in [0.25, 0.3) is 0 Å². The number of nitrogens with zero attached hydrogens (tertiary/aromatic N) is 3. The number of fused-ring (bicyclic) bond motifs is 1. The molecule has 1 aromatic heterocycles. The average Bonchev–Trinajstić information content (AvgIpc) is 2.76. The molecule has 2 unspecified atom stereocenters. The summed E-state index contributed by atoms with van der Waals surface area (Å²) in [6, 6.07) is 5.43. The molecule has 0 saturated heterocycles. The van der Waals surface area contributed by atoms with Gasteiger partial charge in [-0.3, -0.25) is 9.36 Å². The number of nitrogens with two attached hydrogens (primary N) is 1. The fourth-order valence-corrected chi connectivity index (χ4v) is 4.91. The maximum absolute atomic E-state index is 13.5. The standard InChI is InChI=1S/C23H23F5N4O3/c24-14-6-4-13(5-7-14)18(12-2-1-3-12)32-19(33)15-8-9-31(11-16(15)30-20(32)29)21(34)35-17-10-22(25,26)23(17,27)28/h4-7,12,17-18H,1-3,8-11H2,(H2,29,30). The van der Waals surface area contributed by atoms with Crippen molar-refractivity contribution in [2.24, 2.45) is 5.92 Å². The monoisotopic (exact) mass is 498 g/mol. The highest BCUT2D eigenvalue weighted by Gasteiger charge is 2.74. The number of carbonyl (C=O) groups excluding carboxylic acids is 1. The lowest BCUT2D eigenvalue weighted by atomic mass is 9.77. The van der Waals surface area contributed by atoms with Gasteiger partial charge in [0.25, 0.3) is 5.56 Å². The van der Waals surface area contributed by atoms with E-state index in [4.69, 9.17) is 5.73 Å². The van der Waals surface area contributed by atoms with Crippen LogP contribution in [0.3, 0.4) is 0 Å². The SMILES string of the molecule is Nc1nc2c(c(=O)n1C(c1ccc(F)cc1)C1CCC1)CCN(C(=O)OC1CC(F)(F)C1(F)F)C2. The van der Waals surface area contributed by atoms with Crippen LogP contribution in [0.4, 0.5) is 32.7 Å². The topological polar surface area (TPSA) is 90.5 Å². The van der Waals surface area contributed by atoms with Crippen molar-refractivity contribution in [2.75, 3.05) is 12.3 Å². The lowest BCUT2D eigenvalue weighted by molar-refractivity contribution is -0.330. The summed E-state index contributed by atoms with van der Waals surface area (Å²) in [5, 5.41) is 0. The van der Waals surface area contributed by atoms with E-state index in [9.17, 15) is 31.5 Å². The van der Waals surface area contributed by atoms with E-state index < -0.39 is 42.3 Å². The van der Waals surface area contributed by atoms with Gasteiger partial charge >= 0.3 is 17.9 Å². The number of amides is 1. The van der Waals surface area contributed by atoms with Crippen molar-refractivity contribution < 1.29 is 31.5 Å². The summed E-state index contributed by atoms with van der Waals surface area (Å²) >= 11 is 0. The first-order chi connectivity index (χ1) is 16.5. The fourth-order valence-electron chi connectivity index (χ4n) is 4.91. The number of ether oxygens (including phenoxy) is 1. The Morgan fingerprint density at radius 1 is 1.17 bits per heavy atom. The number of nitrogen functional groups attached to an aromatic ring is 1. The lowest BCUT2D eigenvalue weighted by Crippen LogP contribution is -2.64. The molecule has 5 rings (SSSR count). The van der Waals surface area contributed by atoms with Crippen molar-refractivity contribution >= 4 is 12.0 Å². The van der Waals surface area contributed by atoms with Crippen LogP contribution in [0.2, 0.25) is 0 Å². The van der Waals surface area contributed by atoms with Crippen LogP contribution in [0.5, 0.6) is 0 Å². The second kappa shape index (κ2) is 8.20. The first-order valence-corrected chi connectivity index (χ1v) is 11.4. The molecule has 1 aliphatic heterocycles. The molecule has 1 amide bonds. The summed E-state index contributed by atoms with van der Waals surface area (Å²) in [5.41, 5.74) is 7.06. The molecule has 12 heteroatoms. The van der Waals surface area contributed by atoms with Gasteiger partial charge in [0.05, 0.1) is 24.7 Å². The van der Waals surface area contributed by atoms with Crippen LogP contribution in [0, 0.1) is 11.7 Å². The lowest BCUT2D eigenvalue weighted by Gasteiger charge is -2.43. The Morgan fingerprint density at radius 2 is 1.86 bits per heavy atom. The summed E-state index contributed by atoms with van der Waals surface area (Å²) in [5.74, 6) is -9.01. The molecule has 1 aromatic carbocycles. The summed E-state index contributed by atoms with van der Waals surface area (Å²) < 4.78 is 72.6. The molecule has 2 aromatic rings. The maximum Gasteiger partial charge on any atom is 0.410 e. The molecular formula is C23H23F5N4O3. The van der Waals surface area contributed by atoms with Gasteiger partial charge in [0, 0.05) is 12.1 Å². The van der Waals surface area contributed by atoms with E-state index in [1.807, 2.05) is 0 Å². The molecular weight excluding hydrogens is 475 g/mol. The summed E-state index contributed by atoms with van der Waals surface area (Å²) in [4.78, 5) is 31.2. The minimum atomic E-state index is -4.43. The molecule has 2 fully saturated rings. The number of alkyl halides is 4. The zero-order valence-electron chi connectivity index (χ0n) is 18.5. The number of aromatic nitrogens is 2. The molecule has 0 radical (unpaired) electrons. The van der Waals surface area contributed by atoms with Gasteiger partial charge in [-0.2, -0.15) is 17.6 Å². The van der Waals surface area contributed by atoms with Gasteiger partial charge in [0.2, 0.25) is 5.95 Å². The molecule has 3 aliphatic rings. The molecule has 35 heavy (non-hydrogen) atoms. The van der Waals surface area contributed by atoms with Gasteiger partial charge in [0.1, 0.15) is 5.82 Å². The number of anilines is 1. The molecule has 7 nitrogen and oxygen atoms in total. The van der Waals surface area contributed by atoms with Crippen LogP contribution in [0.1, 0.15) is 48.5 Å². The van der Waals surface area contributed by atoms with E-state index in [0.717, 1.165) is 29.7 Å². The molecule has 2 saturated carbocycles. The number of rotatable bonds is 4. The van der Waals surface area contributed by atoms with E-state index in [-0.39, 0.29) is 42.6 Å². The highest BCUT2D eigenvalue weighted by molar-refractivity contribution is 5.68. The fraction of sp³-hybridized carbons (Fsp3) is 0.522. The number of carbonyl (C=O) groups is 1. The zero-order chi connectivity index (χ0) is 25.1. The van der Waals surface area contributed by atoms with E-state index in [1.165, 1.54) is 16.7 Å². The quantitative estimate of drug-likeness (QED) is 0.646. The van der Waals surface area contributed by atoms with Crippen LogP contribution < -0.4 is 11.3 Å². The van der Waals surface area contributed by atoms with Crippen LogP contribution in [0.15, 0.2) is 29.1 Å². The second-order valence-corrected chi connectivity index (χ2v) is 9.33. The van der Waals surface area contributed by atoms with E-state index in [2.05, 4.69) is 9.72 Å². The Morgan fingerprint density at radius 3 is 2.43 bits per heavy atom. The van der Waals surface area contributed by atoms with E-state index in [0.29, 0.717) is 5.56 Å². The minimum absolute atomic E-state index is 0.0357. The molecule has 0 bridgehead atoms. The Labute approximate surface area is 196 Å². The van der Waals surface area contributed by atoms with Crippen LogP contribution >= 0.6 is 0 Å². The Balaban J connectivity index is 1.40. The number of benzene rings is 1. The molecule has 2 heterocycles. The van der Waals surface area contributed by atoms with Crippen molar-refractivity contribution in [1.29, 1.82) is 0 Å². The van der Waals surface area contributed by atoms with Crippen molar-refractivity contribution in [3.8, 4) is 0 Å². The highest BCUT2D eigenvalue weighted by atomic mass is 19.3. The number of hydrogen-bond donors (Lipinski definition) is 1. The van der Waals surface area contributed by atoms with Gasteiger partial charge < -0.3 is 15.4 Å². The predicted octanol–water partition coefficient (Wildman–Crippen LogP) is 3.89. The first kappa shape index (κ1) is 23.6. The molecule has 188 valence electrons. The Hall–Kier alpha value is -3.18. The third-order valence-electron chi connectivity index (χ3n) is 7.22. The first-order valence-electron chi connectivity index (χ1n) is 11.4. The van der Waals surface area contributed by atoms with Gasteiger partial charge in [-0.25, -0.2) is 14.2 Å². The smallest absolute Gasteiger partial charge is 0.410 e. The minimum Gasteiger partial charge on any atom is -0.439 e. The van der Waals surface area contributed by atoms with E-state index in [1.54, 1.807) is 12.1 Å². The van der Waals surface area contributed by atoms with Gasteiger partial charge in [-0.05, 0) is 42.9 Å². The predicted molar refractivity (Wildman–Crippen MR) is 114 cm³/mol. The van der Waals surface area contributed by atoms with Gasteiger partial charge in [0.15, 0.2) is 6.10 Å². The number of halogens is 5. The highest BCUT2D eigenvalue weighted by Crippen LogP contribution is 2.52. The van der Waals surface area contributed by atoms with Gasteiger partial charge in [-0.1, -0.05) is 18.6 Å². The molecule has 0 spiro atoms. The normalized spacial score (nSPS) is 23.6.